The fourth-order valence-corrected chi connectivity index (χ4v) is 3.42. The van der Waals surface area contributed by atoms with Gasteiger partial charge in [0.2, 0.25) is 0 Å². The molecule has 0 aromatic carbocycles. The summed E-state index contributed by atoms with van der Waals surface area (Å²) < 4.78 is 5.11. The summed E-state index contributed by atoms with van der Waals surface area (Å²) in [6, 6.07) is 0.0532. The number of nitrogens with zero attached hydrogens (tertiary/aromatic N) is 2. The van der Waals surface area contributed by atoms with Gasteiger partial charge in [0.1, 0.15) is 11.0 Å². The van der Waals surface area contributed by atoms with E-state index in [0.29, 0.717) is 6.61 Å². The first-order valence-electron chi connectivity index (χ1n) is 6.60. The van der Waals surface area contributed by atoms with Gasteiger partial charge < -0.3 is 10.1 Å². The molecule has 6 heteroatoms. The van der Waals surface area contributed by atoms with Gasteiger partial charge >= 0.3 is 0 Å². The van der Waals surface area contributed by atoms with Crippen molar-refractivity contribution < 1.29 is 4.74 Å². The first-order valence-corrected chi connectivity index (χ1v) is 8.36. The minimum absolute atomic E-state index is 0.0532. The van der Waals surface area contributed by atoms with Crippen molar-refractivity contribution in [3.05, 3.63) is 32.7 Å². The average molecular weight is 311 g/mol. The molecular formula is C14H21N3OS2. The van der Waals surface area contributed by atoms with E-state index in [4.69, 9.17) is 9.72 Å². The molecule has 0 aliphatic rings. The second-order valence-electron chi connectivity index (χ2n) is 5.58. The standard InChI is InChI=1S/C14H21N3OS2/c1-14(2,3)13-17-10(9-20-13)11(15-5-7-18-4)12-16-6-8-19-12/h6,8-9,11,15H,5,7H2,1-4H3. The topological polar surface area (TPSA) is 47.0 Å². The zero-order chi connectivity index (χ0) is 14.6. The van der Waals surface area contributed by atoms with Crippen LogP contribution < -0.4 is 5.32 Å². The Morgan fingerprint density at radius 1 is 1.35 bits per heavy atom. The number of methoxy groups -OCH3 is 1. The Morgan fingerprint density at radius 3 is 2.70 bits per heavy atom. The molecule has 0 fully saturated rings. The fourth-order valence-electron chi connectivity index (χ4n) is 1.76. The minimum Gasteiger partial charge on any atom is -0.383 e. The second-order valence-corrected chi connectivity index (χ2v) is 7.36. The summed E-state index contributed by atoms with van der Waals surface area (Å²) in [6.45, 7) is 8.02. The summed E-state index contributed by atoms with van der Waals surface area (Å²) in [5, 5.41) is 9.80. The highest BCUT2D eigenvalue weighted by atomic mass is 32.1. The maximum atomic E-state index is 5.11. The summed E-state index contributed by atoms with van der Waals surface area (Å²) in [5.74, 6) is 0. The molecule has 4 nitrogen and oxygen atoms in total. The lowest BCUT2D eigenvalue weighted by Gasteiger charge is -2.16. The van der Waals surface area contributed by atoms with Gasteiger partial charge in [0.05, 0.1) is 17.3 Å². The van der Waals surface area contributed by atoms with Gasteiger partial charge in [-0.05, 0) is 0 Å². The third-order valence-electron chi connectivity index (χ3n) is 2.81. The molecule has 2 rings (SSSR count). The molecular weight excluding hydrogens is 290 g/mol. The molecule has 0 amide bonds. The molecule has 1 unspecified atom stereocenters. The highest BCUT2D eigenvalue weighted by Gasteiger charge is 2.23. The van der Waals surface area contributed by atoms with Crippen LogP contribution in [0.1, 0.15) is 42.5 Å². The molecule has 1 N–H and O–H groups in total. The van der Waals surface area contributed by atoms with Gasteiger partial charge in [-0.15, -0.1) is 22.7 Å². The smallest absolute Gasteiger partial charge is 0.116 e. The van der Waals surface area contributed by atoms with Crippen molar-refractivity contribution >= 4 is 22.7 Å². The van der Waals surface area contributed by atoms with Crippen molar-refractivity contribution in [2.45, 2.75) is 32.2 Å². The van der Waals surface area contributed by atoms with Gasteiger partial charge in [0, 0.05) is 36.0 Å². The van der Waals surface area contributed by atoms with Crippen LogP contribution in [-0.2, 0) is 10.2 Å². The zero-order valence-electron chi connectivity index (χ0n) is 12.3. The maximum Gasteiger partial charge on any atom is 0.116 e. The molecule has 0 radical (unpaired) electrons. The summed E-state index contributed by atoms with van der Waals surface area (Å²) in [5.41, 5.74) is 1.13. The molecule has 0 aliphatic carbocycles. The Labute approximate surface area is 128 Å². The molecule has 2 aromatic heterocycles. The monoisotopic (exact) mass is 311 g/mol. The van der Waals surface area contributed by atoms with Gasteiger partial charge in [-0.3, -0.25) is 0 Å². The van der Waals surface area contributed by atoms with E-state index in [9.17, 15) is 0 Å². The van der Waals surface area contributed by atoms with E-state index in [0.717, 1.165) is 22.3 Å². The Hall–Kier alpha value is -0.820. The van der Waals surface area contributed by atoms with E-state index >= 15 is 0 Å². The molecule has 0 saturated heterocycles. The number of aromatic nitrogens is 2. The quantitative estimate of drug-likeness (QED) is 0.832. The molecule has 2 aromatic rings. The molecule has 2 heterocycles. The number of rotatable bonds is 6. The Bertz CT molecular complexity index is 517. The molecule has 20 heavy (non-hydrogen) atoms. The number of nitrogens with one attached hydrogen (secondary N) is 1. The Kier molecular flexibility index (Phi) is 5.26. The van der Waals surface area contributed by atoms with Gasteiger partial charge in [-0.2, -0.15) is 0 Å². The van der Waals surface area contributed by atoms with Crippen molar-refractivity contribution in [2.75, 3.05) is 20.3 Å². The van der Waals surface area contributed by atoms with Gasteiger partial charge in [0.25, 0.3) is 0 Å². The van der Waals surface area contributed by atoms with Crippen molar-refractivity contribution in [3.8, 4) is 0 Å². The molecule has 0 bridgehead atoms. The van der Waals surface area contributed by atoms with Gasteiger partial charge in [-0.1, -0.05) is 20.8 Å². The molecule has 110 valence electrons. The van der Waals surface area contributed by atoms with Crippen LogP contribution >= 0.6 is 22.7 Å². The van der Waals surface area contributed by atoms with E-state index < -0.39 is 0 Å². The van der Waals surface area contributed by atoms with Crippen LogP contribution in [0.2, 0.25) is 0 Å². The normalized spacial score (nSPS) is 13.6. The van der Waals surface area contributed by atoms with Crippen molar-refractivity contribution in [1.82, 2.24) is 15.3 Å². The Morgan fingerprint density at radius 2 is 2.15 bits per heavy atom. The van der Waals surface area contributed by atoms with Crippen LogP contribution in [0.15, 0.2) is 17.0 Å². The van der Waals surface area contributed by atoms with E-state index in [2.05, 4.69) is 36.5 Å². The lowest BCUT2D eigenvalue weighted by molar-refractivity contribution is 0.197. The molecule has 1 atom stereocenters. The van der Waals surface area contributed by atoms with Crippen LogP contribution in [0.4, 0.5) is 0 Å². The first-order chi connectivity index (χ1) is 9.52. The molecule has 0 aliphatic heterocycles. The number of hydrogen-bond acceptors (Lipinski definition) is 6. The number of thiazole rings is 2. The number of hydrogen-bond donors (Lipinski definition) is 1. The maximum absolute atomic E-state index is 5.11. The highest BCUT2D eigenvalue weighted by molar-refractivity contribution is 7.10. The summed E-state index contributed by atoms with van der Waals surface area (Å²) in [7, 11) is 1.71. The van der Waals surface area contributed by atoms with Crippen molar-refractivity contribution in [1.29, 1.82) is 0 Å². The third kappa shape index (κ3) is 3.85. The van der Waals surface area contributed by atoms with Crippen LogP contribution in [-0.4, -0.2) is 30.2 Å². The Balaban J connectivity index is 2.20. The summed E-state index contributed by atoms with van der Waals surface area (Å²) >= 11 is 3.37. The first kappa shape index (κ1) is 15.6. The van der Waals surface area contributed by atoms with Crippen molar-refractivity contribution in [3.63, 3.8) is 0 Å². The van der Waals surface area contributed by atoms with Crippen LogP contribution in [0.3, 0.4) is 0 Å². The van der Waals surface area contributed by atoms with E-state index in [1.165, 1.54) is 0 Å². The van der Waals surface area contributed by atoms with E-state index in [-0.39, 0.29) is 11.5 Å². The van der Waals surface area contributed by atoms with Crippen LogP contribution in [0.5, 0.6) is 0 Å². The van der Waals surface area contributed by atoms with Crippen molar-refractivity contribution in [2.24, 2.45) is 0 Å². The zero-order valence-corrected chi connectivity index (χ0v) is 14.0. The lowest BCUT2D eigenvalue weighted by Crippen LogP contribution is -2.26. The SMILES string of the molecule is COCCNC(c1csc(C(C)(C)C)n1)c1nccs1. The van der Waals surface area contributed by atoms with Crippen LogP contribution in [0, 0.1) is 0 Å². The summed E-state index contributed by atoms with van der Waals surface area (Å²) in [6.07, 6.45) is 1.84. The highest BCUT2D eigenvalue weighted by Crippen LogP contribution is 2.30. The van der Waals surface area contributed by atoms with Crippen LogP contribution in [0.25, 0.3) is 0 Å². The predicted molar refractivity (Wildman–Crippen MR) is 84.6 cm³/mol. The lowest BCUT2D eigenvalue weighted by atomic mass is 9.98. The van der Waals surface area contributed by atoms with Gasteiger partial charge in [0.15, 0.2) is 0 Å². The molecule has 0 spiro atoms. The predicted octanol–water partition coefficient (Wildman–Crippen LogP) is 3.22. The van der Waals surface area contributed by atoms with E-state index in [1.54, 1.807) is 29.8 Å². The second kappa shape index (κ2) is 6.76. The average Bonchev–Trinajstić information content (AvgIpc) is 3.05. The van der Waals surface area contributed by atoms with Gasteiger partial charge in [-0.25, -0.2) is 9.97 Å². The van der Waals surface area contributed by atoms with E-state index in [1.807, 2.05) is 11.6 Å². The molecule has 0 saturated carbocycles. The summed E-state index contributed by atoms with van der Waals surface area (Å²) in [4.78, 5) is 9.22. The fraction of sp³-hybridized carbons (Fsp3) is 0.571. The third-order valence-corrected chi connectivity index (χ3v) is 4.94. The largest absolute Gasteiger partial charge is 0.383 e. The number of ether oxygens (including phenoxy) is 1. The minimum atomic E-state index is 0.0532.